The topological polar surface area (TPSA) is 49.8 Å². The molecule has 0 unspecified atom stereocenters. The molecule has 0 atom stereocenters. The van der Waals surface area contributed by atoms with Crippen molar-refractivity contribution in [2.45, 2.75) is 46.1 Å². The van der Waals surface area contributed by atoms with E-state index in [1.807, 2.05) is 24.0 Å². The van der Waals surface area contributed by atoms with Gasteiger partial charge in [0, 0.05) is 25.9 Å². The number of phenols is 1. The quantitative estimate of drug-likeness (QED) is 0.894. The standard InChI is InChI=1S/C22H27NO3/c1-4-17-8-9-20(24)19(14-17)22(25)23-12-10-18(11-13-23)26-21-15(2)6-5-7-16(21)3/h5-9,14,18,24H,4,10-13H2,1-3H3. The third-order valence-electron chi connectivity index (χ3n) is 5.12. The van der Waals surface area contributed by atoms with Gasteiger partial charge in [0.1, 0.15) is 17.6 Å². The highest BCUT2D eigenvalue weighted by Gasteiger charge is 2.26. The van der Waals surface area contributed by atoms with Crippen LogP contribution in [0.25, 0.3) is 0 Å². The molecule has 1 aliphatic rings. The van der Waals surface area contributed by atoms with E-state index < -0.39 is 0 Å². The van der Waals surface area contributed by atoms with Gasteiger partial charge in [-0.15, -0.1) is 0 Å². The van der Waals surface area contributed by atoms with E-state index in [-0.39, 0.29) is 17.8 Å². The summed E-state index contributed by atoms with van der Waals surface area (Å²) in [4.78, 5) is 14.6. The Hall–Kier alpha value is -2.49. The minimum absolute atomic E-state index is 0.0566. The number of likely N-dealkylation sites (tertiary alicyclic amines) is 1. The van der Waals surface area contributed by atoms with Crippen molar-refractivity contribution in [2.24, 2.45) is 0 Å². The van der Waals surface area contributed by atoms with Gasteiger partial charge in [0.15, 0.2) is 0 Å². The maximum absolute atomic E-state index is 12.8. The van der Waals surface area contributed by atoms with Crippen LogP contribution in [0.5, 0.6) is 11.5 Å². The van der Waals surface area contributed by atoms with E-state index >= 15 is 0 Å². The molecule has 0 spiro atoms. The predicted molar refractivity (Wildman–Crippen MR) is 103 cm³/mol. The van der Waals surface area contributed by atoms with Crippen molar-refractivity contribution in [3.8, 4) is 11.5 Å². The van der Waals surface area contributed by atoms with E-state index in [0.717, 1.165) is 41.7 Å². The Morgan fingerprint density at radius 3 is 2.42 bits per heavy atom. The summed E-state index contributed by atoms with van der Waals surface area (Å²) in [5, 5.41) is 10.1. The first-order chi connectivity index (χ1) is 12.5. The molecule has 26 heavy (non-hydrogen) atoms. The second kappa shape index (κ2) is 7.81. The molecular weight excluding hydrogens is 326 g/mol. The van der Waals surface area contributed by atoms with Crippen LogP contribution in [0, 0.1) is 13.8 Å². The average Bonchev–Trinajstić information content (AvgIpc) is 2.65. The number of carbonyl (C=O) groups is 1. The summed E-state index contributed by atoms with van der Waals surface area (Å²) in [6.07, 6.45) is 2.56. The summed E-state index contributed by atoms with van der Waals surface area (Å²) in [5.74, 6) is 0.926. The Morgan fingerprint density at radius 2 is 1.81 bits per heavy atom. The number of piperidine rings is 1. The van der Waals surface area contributed by atoms with Gasteiger partial charge in [-0.05, 0) is 49.1 Å². The van der Waals surface area contributed by atoms with Gasteiger partial charge in [0.25, 0.3) is 5.91 Å². The van der Waals surface area contributed by atoms with Gasteiger partial charge in [0.2, 0.25) is 0 Å². The number of phenolic OH excluding ortho intramolecular Hbond substituents is 1. The number of rotatable bonds is 4. The van der Waals surface area contributed by atoms with Crippen LogP contribution in [0.4, 0.5) is 0 Å². The number of para-hydroxylation sites is 1. The summed E-state index contributed by atoms with van der Waals surface area (Å²) in [6, 6.07) is 11.4. The molecule has 0 aromatic heterocycles. The minimum Gasteiger partial charge on any atom is -0.507 e. The zero-order chi connectivity index (χ0) is 18.7. The van der Waals surface area contributed by atoms with Crippen LogP contribution in [0.2, 0.25) is 0 Å². The van der Waals surface area contributed by atoms with Crippen LogP contribution in [0.3, 0.4) is 0 Å². The first-order valence-electron chi connectivity index (χ1n) is 9.33. The normalized spacial score (nSPS) is 15.1. The molecule has 0 bridgehead atoms. The molecule has 1 aliphatic heterocycles. The van der Waals surface area contributed by atoms with Crippen LogP contribution in [-0.4, -0.2) is 35.1 Å². The third-order valence-corrected chi connectivity index (χ3v) is 5.12. The number of ether oxygens (including phenoxy) is 1. The third kappa shape index (κ3) is 3.85. The van der Waals surface area contributed by atoms with Crippen molar-refractivity contribution in [3.63, 3.8) is 0 Å². The van der Waals surface area contributed by atoms with Crippen LogP contribution in [0.15, 0.2) is 36.4 Å². The maximum atomic E-state index is 12.8. The van der Waals surface area contributed by atoms with Crippen molar-refractivity contribution >= 4 is 5.91 Å². The number of hydrogen-bond donors (Lipinski definition) is 1. The SMILES string of the molecule is CCc1ccc(O)c(C(=O)N2CCC(Oc3c(C)cccc3C)CC2)c1. The Balaban J connectivity index is 1.64. The van der Waals surface area contributed by atoms with Gasteiger partial charge in [-0.1, -0.05) is 31.2 Å². The van der Waals surface area contributed by atoms with Gasteiger partial charge in [0.05, 0.1) is 5.56 Å². The number of benzene rings is 2. The predicted octanol–water partition coefficient (Wildman–Crippen LogP) is 4.26. The van der Waals surface area contributed by atoms with Crippen molar-refractivity contribution in [1.82, 2.24) is 4.90 Å². The number of carbonyl (C=O) groups excluding carboxylic acids is 1. The van der Waals surface area contributed by atoms with Crippen molar-refractivity contribution in [2.75, 3.05) is 13.1 Å². The van der Waals surface area contributed by atoms with Crippen LogP contribution in [-0.2, 0) is 6.42 Å². The lowest BCUT2D eigenvalue weighted by Crippen LogP contribution is -2.42. The fourth-order valence-corrected chi connectivity index (χ4v) is 3.47. The summed E-state index contributed by atoms with van der Waals surface area (Å²) in [6.45, 7) is 7.44. The number of hydrogen-bond acceptors (Lipinski definition) is 3. The van der Waals surface area contributed by atoms with E-state index in [1.165, 1.54) is 0 Å². The lowest BCUT2D eigenvalue weighted by atomic mass is 10.0. The maximum Gasteiger partial charge on any atom is 0.257 e. The van der Waals surface area contributed by atoms with E-state index in [4.69, 9.17) is 4.74 Å². The Labute approximate surface area is 155 Å². The molecular formula is C22H27NO3. The molecule has 1 N–H and O–H groups in total. The molecule has 0 aliphatic carbocycles. The number of amides is 1. The molecule has 138 valence electrons. The zero-order valence-electron chi connectivity index (χ0n) is 15.8. The highest BCUT2D eigenvalue weighted by Crippen LogP contribution is 2.27. The molecule has 4 nitrogen and oxygen atoms in total. The minimum atomic E-state index is -0.0941. The van der Waals surface area contributed by atoms with Crippen molar-refractivity contribution in [3.05, 3.63) is 58.7 Å². The average molecular weight is 353 g/mol. The van der Waals surface area contributed by atoms with E-state index in [0.29, 0.717) is 18.7 Å². The van der Waals surface area contributed by atoms with E-state index in [9.17, 15) is 9.90 Å². The number of aryl methyl sites for hydroxylation is 3. The fourth-order valence-electron chi connectivity index (χ4n) is 3.47. The van der Waals surface area contributed by atoms with Crippen molar-refractivity contribution in [1.29, 1.82) is 0 Å². The Kier molecular flexibility index (Phi) is 5.50. The Morgan fingerprint density at radius 1 is 1.15 bits per heavy atom. The van der Waals surface area contributed by atoms with Crippen molar-refractivity contribution < 1.29 is 14.6 Å². The van der Waals surface area contributed by atoms with Gasteiger partial charge >= 0.3 is 0 Å². The second-order valence-electron chi connectivity index (χ2n) is 7.04. The molecule has 0 radical (unpaired) electrons. The second-order valence-corrected chi connectivity index (χ2v) is 7.04. The van der Waals surface area contributed by atoms with E-state index in [2.05, 4.69) is 26.0 Å². The Bertz CT molecular complexity index is 772. The first kappa shape index (κ1) is 18.3. The largest absolute Gasteiger partial charge is 0.507 e. The van der Waals surface area contributed by atoms with Crippen LogP contribution in [0.1, 0.15) is 46.8 Å². The number of nitrogens with zero attached hydrogens (tertiary/aromatic N) is 1. The molecule has 1 saturated heterocycles. The summed E-state index contributed by atoms with van der Waals surface area (Å²) < 4.78 is 6.22. The summed E-state index contributed by atoms with van der Waals surface area (Å²) >= 11 is 0. The lowest BCUT2D eigenvalue weighted by molar-refractivity contribution is 0.0590. The molecule has 2 aromatic carbocycles. The molecule has 4 heteroatoms. The highest BCUT2D eigenvalue weighted by atomic mass is 16.5. The molecule has 3 rings (SSSR count). The monoisotopic (exact) mass is 353 g/mol. The molecule has 2 aromatic rings. The number of aromatic hydroxyl groups is 1. The molecule has 1 fully saturated rings. The van der Waals surface area contributed by atoms with Crippen LogP contribution >= 0.6 is 0 Å². The van der Waals surface area contributed by atoms with Gasteiger partial charge in [-0.25, -0.2) is 0 Å². The lowest BCUT2D eigenvalue weighted by Gasteiger charge is -2.33. The van der Waals surface area contributed by atoms with Gasteiger partial charge < -0.3 is 14.7 Å². The smallest absolute Gasteiger partial charge is 0.257 e. The summed E-state index contributed by atoms with van der Waals surface area (Å²) in [7, 11) is 0. The fraction of sp³-hybridized carbons (Fsp3) is 0.409. The first-order valence-corrected chi connectivity index (χ1v) is 9.33. The van der Waals surface area contributed by atoms with Crippen LogP contribution < -0.4 is 4.74 Å². The molecule has 1 heterocycles. The zero-order valence-corrected chi connectivity index (χ0v) is 15.8. The summed E-state index contributed by atoms with van der Waals surface area (Å²) in [5.41, 5.74) is 3.74. The van der Waals surface area contributed by atoms with E-state index in [1.54, 1.807) is 12.1 Å². The highest BCUT2D eigenvalue weighted by molar-refractivity contribution is 5.97. The van der Waals surface area contributed by atoms with Gasteiger partial charge in [-0.3, -0.25) is 4.79 Å². The van der Waals surface area contributed by atoms with Gasteiger partial charge in [-0.2, -0.15) is 0 Å². The molecule has 1 amide bonds. The molecule has 0 saturated carbocycles.